The van der Waals surface area contributed by atoms with E-state index in [1.807, 2.05) is 0 Å². The molecule has 2 aliphatic rings. The summed E-state index contributed by atoms with van der Waals surface area (Å²) in [5.41, 5.74) is 0.493. The maximum absolute atomic E-state index is 12.7. The molecule has 3 rings (SSSR count). The molecule has 0 radical (unpaired) electrons. The van der Waals surface area contributed by atoms with E-state index in [-0.39, 0.29) is 10.8 Å². The van der Waals surface area contributed by atoms with Crippen LogP contribution in [0, 0.1) is 0 Å². The first-order valence-corrected chi connectivity index (χ1v) is 12.2. The van der Waals surface area contributed by atoms with E-state index < -0.39 is 10.0 Å². The fourth-order valence-corrected chi connectivity index (χ4v) is 4.92. The van der Waals surface area contributed by atoms with E-state index in [2.05, 4.69) is 19.9 Å². The predicted molar refractivity (Wildman–Crippen MR) is 116 cm³/mol. The van der Waals surface area contributed by atoms with Gasteiger partial charge in [-0.05, 0) is 57.0 Å². The van der Waals surface area contributed by atoms with Crippen molar-refractivity contribution in [3.05, 3.63) is 24.3 Å². The molecule has 1 amide bonds. The molecule has 1 aromatic carbocycles. The van der Waals surface area contributed by atoms with Crippen LogP contribution in [-0.2, 0) is 14.8 Å². The predicted octanol–water partition coefficient (Wildman–Crippen LogP) is 3.14. The van der Waals surface area contributed by atoms with Crippen molar-refractivity contribution < 1.29 is 13.2 Å². The highest BCUT2D eigenvalue weighted by Gasteiger charge is 2.18. The van der Waals surface area contributed by atoms with Crippen molar-refractivity contribution in [2.75, 3.05) is 31.5 Å². The van der Waals surface area contributed by atoms with Crippen molar-refractivity contribution >= 4 is 27.5 Å². The number of benzene rings is 1. The molecule has 0 saturated carbocycles. The number of nitrogens with one attached hydrogen (secondary N) is 2. The van der Waals surface area contributed by atoms with Crippen molar-refractivity contribution in [1.82, 2.24) is 9.62 Å². The first-order valence-electron chi connectivity index (χ1n) is 10.7. The SMILES string of the molecule is O=C(CN1CCCCCCC1)Nc1cccc(S(=O)(=O)NC2=NCCCCC2)c1. The quantitative estimate of drug-likeness (QED) is 0.766. The first kappa shape index (κ1) is 21.8. The zero-order valence-electron chi connectivity index (χ0n) is 17.0. The fraction of sp³-hybridized carbons (Fsp3) is 0.619. The van der Waals surface area contributed by atoms with Gasteiger partial charge in [0.15, 0.2) is 0 Å². The monoisotopic (exact) mass is 420 g/mol. The van der Waals surface area contributed by atoms with Crippen molar-refractivity contribution in [3.63, 3.8) is 0 Å². The summed E-state index contributed by atoms with van der Waals surface area (Å²) in [4.78, 5) is 19.1. The number of carbonyl (C=O) groups is 1. The molecule has 7 nitrogen and oxygen atoms in total. The number of anilines is 1. The largest absolute Gasteiger partial charge is 0.325 e. The average Bonchev–Trinajstić information content (AvgIpc) is 2.92. The molecule has 0 bridgehead atoms. The molecule has 29 heavy (non-hydrogen) atoms. The number of hydrogen-bond acceptors (Lipinski definition) is 5. The Morgan fingerprint density at radius 1 is 1.00 bits per heavy atom. The summed E-state index contributed by atoms with van der Waals surface area (Å²) in [5.74, 6) is 0.412. The molecule has 0 aromatic heterocycles. The van der Waals surface area contributed by atoms with Crippen LogP contribution in [0.25, 0.3) is 0 Å². The highest BCUT2D eigenvalue weighted by atomic mass is 32.2. The van der Waals surface area contributed by atoms with Gasteiger partial charge in [0.2, 0.25) is 5.91 Å². The number of sulfonamides is 1. The minimum atomic E-state index is -3.71. The second-order valence-corrected chi connectivity index (χ2v) is 9.55. The minimum absolute atomic E-state index is 0.110. The number of rotatable bonds is 5. The topological polar surface area (TPSA) is 90.9 Å². The third-order valence-electron chi connectivity index (χ3n) is 5.37. The van der Waals surface area contributed by atoms with E-state index in [1.165, 1.54) is 31.4 Å². The Labute approximate surface area is 174 Å². The van der Waals surface area contributed by atoms with Gasteiger partial charge in [-0.2, -0.15) is 0 Å². The normalized spacial score (nSPS) is 19.4. The molecule has 0 unspecified atom stereocenters. The zero-order chi connectivity index (χ0) is 20.5. The van der Waals surface area contributed by atoms with E-state index in [0.717, 1.165) is 45.2 Å². The molecule has 160 valence electrons. The Bertz CT molecular complexity index is 815. The highest BCUT2D eigenvalue weighted by Crippen LogP contribution is 2.17. The van der Waals surface area contributed by atoms with E-state index in [9.17, 15) is 13.2 Å². The third kappa shape index (κ3) is 7.12. The molecular formula is C21H32N4O3S. The first-order chi connectivity index (χ1) is 14.0. The maximum Gasteiger partial charge on any atom is 0.262 e. The van der Waals surface area contributed by atoms with Gasteiger partial charge in [0.25, 0.3) is 10.0 Å². The third-order valence-corrected chi connectivity index (χ3v) is 6.75. The summed E-state index contributed by atoms with van der Waals surface area (Å²) in [6.07, 6.45) is 9.60. The maximum atomic E-state index is 12.7. The number of amides is 1. The van der Waals surface area contributed by atoms with Crippen LogP contribution < -0.4 is 10.0 Å². The molecule has 8 heteroatoms. The number of hydrogen-bond donors (Lipinski definition) is 2. The van der Waals surface area contributed by atoms with Crippen molar-refractivity contribution in [1.29, 1.82) is 0 Å². The lowest BCUT2D eigenvalue weighted by molar-refractivity contribution is -0.117. The van der Waals surface area contributed by atoms with Crippen LogP contribution in [0.15, 0.2) is 34.2 Å². The summed E-state index contributed by atoms with van der Waals surface area (Å²) in [6.45, 7) is 2.87. The molecule has 0 spiro atoms. The molecular weight excluding hydrogens is 388 g/mol. The summed E-state index contributed by atoms with van der Waals surface area (Å²) in [5, 5.41) is 2.85. The lowest BCUT2D eigenvalue weighted by atomic mass is 10.1. The van der Waals surface area contributed by atoms with Crippen LogP contribution in [0.4, 0.5) is 5.69 Å². The molecule has 1 aromatic rings. The van der Waals surface area contributed by atoms with Crippen LogP contribution in [0.1, 0.15) is 57.8 Å². The van der Waals surface area contributed by atoms with Crippen molar-refractivity contribution in [3.8, 4) is 0 Å². The lowest BCUT2D eigenvalue weighted by Gasteiger charge is -2.23. The molecule has 2 aliphatic heterocycles. The van der Waals surface area contributed by atoms with Crippen molar-refractivity contribution in [2.24, 2.45) is 4.99 Å². The van der Waals surface area contributed by atoms with Crippen LogP contribution in [0.5, 0.6) is 0 Å². The Kier molecular flexibility index (Phi) is 8.06. The van der Waals surface area contributed by atoms with Gasteiger partial charge >= 0.3 is 0 Å². The number of aliphatic imine (C=N–C) groups is 1. The summed E-state index contributed by atoms with van der Waals surface area (Å²) >= 11 is 0. The van der Waals surface area contributed by atoms with Gasteiger partial charge in [0, 0.05) is 18.7 Å². The van der Waals surface area contributed by atoms with Crippen LogP contribution >= 0.6 is 0 Å². The Balaban J connectivity index is 1.60. The van der Waals surface area contributed by atoms with E-state index in [4.69, 9.17) is 0 Å². The molecule has 2 N–H and O–H groups in total. The van der Waals surface area contributed by atoms with Gasteiger partial charge in [0.05, 0.1) is 11.4 Å². The molecule has 0 atom stereocenters. The standard InChI is InChI=1S/C21H32N4O3S/c26-21(17-25-14-7-2-1-3-8-15-25)23-18-10-9-11-19(16-18)29(27,28)24-20-12-5-4-6-13-22-20/h9-11,16H,1-8,12-15,17H2,(H,22,24)(H,23,26). The van der Waals surface area contributed by atoms with E-state index in [1.54, 1.807) is 12.1 Å². The second-order valence-electron chi connectivity index (χ2n) is 7.86. The molecule has 1 saturated heterocycles. The van der Waals surface area contributed by atoms with E-state index in [0.29, 0.717) is 31.0 Å². The number of carbonyl (C=O) groups excluding carboxylic acids is 1. The number of nitrogens with zero attached hydrogens (tertiary/aromatic N) is 2. The lowest BCUT2D eigenvalue weighted by Crippen LogP contribution is -2.35. The Morgan fingerprint density at radius 2 is 1.72 bits per heavy atom. The van der Waals surface area contributed by atoms with Crippen LogP contribution in [-0.4, -0.2) is 51.2 Å². The molecule has 1 fully saturated rings. The fourth-order valence-electron chi connectivity index (χ4n) is 3.79. The Morgan fingerprint density at radius 3 is 2.52 bits per heavy atom. The van der Waals surface area contributed by atoms with Gasteiger partial charge in [-0.25, -0.2) is 8.42 Å². The minimum Gasteiger partial charge on any atom is -0.325 e. The highest BCUT2D eigenvalue weighted by molar-refractivity contribution is 7.90. The van der Waals surface area contributed by atoms with Gasteiger partial charge in [-0.3, -0.25) is 19.4 Å². The van der Waals surface area contributed by atoms with Crippen LogP contribution in [0.3, 0.4) is 0 Å². The summed E-state index contributed by atoms with van der Waals surface area (Å²) in [6, 6.07) is 6.40. The Hall–Kier alpha value is -1.93. The second kappa shape index (κ2) is 10.7. The van der Waals surface area contributed by atoms with Gasteiger partial charge < -0.3 is 5.32 Å². The average molecular weight is 421 g/mol. The van der Waals surface area contributed by atoms with Crippen LogP contribution in [0.2, 0.25) is 0 Å². The zero-order valence-corrected chi connectivity index (χ0v) is 17.8. The molecule has 0 aliphatic carbocycles. The van der Waals surface area contributed by atoms with E-state index >= 15 is 0 Å². The number of likely N-dealkylation sites (tertiary alicyclic amines) is 1. The van der Waals surface area contributed by atoms with Crippen molar-refractivity contribution in [2.45, 2.75) is 62.7 Å². The summed E-state index contributed by atoms with van der Waals surface area (Å²) in [7, 11) is -3.71. The summed E-state index contributed by atoms with van der Waals surface area (Å²) < 4.78 is 28.1. The van der Waals surface area contributed by atoms with Gasteiger partial charge in [-0.15, -0.1) is 0 Å². The van der Waals surface area contributed by atoms with Gasteiger partial charge in [0.1, 0.15) is 5.84 Å². The smallest absolute Gasteiger partial charge is 0.262 e. The molecule has 2 heterocycles. The van der Waals surface area contributed by atoms with Gasteiger partial charge in [-0.1, -0.05) is 31.7 Å². The number of amidine groups is 1.